The van der Waals surface area contributed by atoms with Crippen LogP contribution in [0.4, 0.5) is 0 Å². The van der Waals surface area contributed by atoms with Gasteiger partial charge in [0.15, 0.2) is 0 Å². The molecule has 0 amide bonds. The highest BCUT2D eigenvalue weighted by Gasteiger charge is 1.89. The van der Waals surface area contributed by atoms with Gasteiger partial charge in [0.25, 0.3) is 0 Å². The molecule has 0 N–H and O–H groups in total. The summed E-state index contributed by atoms with van der Waals surface area (Å²) in [5.74, 6) is 7.02. The molecule has 0 aliphatic heterocycles. The molecule has 1 rings (SSSR count). The van der Waals surface area contributed by atoms with Crippen LogP contribution in [0.15, 0.2) is 24.3 Å². The molecule has 0 spiro atoms. The van der Waals surface area contributed by atoms with E-state index in [4.69, 9.17) is 4.74 Å². The fraction of sp³-hybridized carbons (Fsp3) is 0.333. The van der Waals surface area contributed by atoms with Crippen molar-refractivity contribution in [3.05, 3.63) is 29.8 Å². The van der Waals surface area contributed by atoms with Crippen LogP contribution in [0.5, 0.6) is 5.75 Å². The van der Waals surface area contributed by atoms with Crippen molar-refractivity contribution in [3.8, 4) is 17.6 Å². The Labute approximate surface area is 85.5 Å². The SMILES string of the molecule is COc1ccc(C#CCN(C)C)cc1. The Bertz CT molecular complexity index is 330. The largest absolute Gasteiger partial charge is 0.497 e. The molecule has 0 bridgehead atoms. The van der Waals surface area contributed by atoms with Crippen molar-refractivity contribution in [2.45, 2.75) is 0 Å². The first-order valence-corrected chi connectivity index (χ1v) is 4.50. The minimum atomic E-state index is 0.784. The number of methoxy groups -OCH3 is 1. The van der Waals surface area contributed by atoms with E-state index in [-0.39, 0.29) is 0 Å². The fourth-order valence-corrected chi connectivity index (χ4v) is 0.974. The van der Waals surface area contributed by atoms with Crippen LogP contribution in [0.2, 0.25) is 0 Å². The minimum Gasteiger partial charge on any atom is -0.497 e. The van der Waals surface area contributed by atoms with Crippen LogP contribution in [-0.2, 0) is 0 Å². The summed E-state index contributed by atoms with van der Waals surface area (Å²) in [5.41, 5.74) is 1.02. The van der Waals surface area contributed by atoms with Gasteiger partial charge in [0.2, 0.25) is 0 Å². The maximum atomic E-state index is 5.06. The summed E-state index contributed by atoms with van der Waals surface area (Å²) in [7, 11) is 5.66. The van der Waals surface area contributed by atoms with E-state index < -0.39 is 0 Å². The Kier molecular flexibility index (Phi) is 4.03. The summed E-state index contributed by atoms with van der Waals surface area (Å²) in [6.45, 7) is 0.784. The second kappa shape index (κ2) is 5.31. The van der Waals surface area contributed by atoms with Crippen molar-refractivity contribution >= 4 is 0 Å². The average Bonchev–Trinajstić information content (AvgIpc) is 2.18. The molecule has 0 atom stereocenters. The molecular formula is C12H15NO. The van der Waals surface area contributed by atoms with Crippen molar-refractivity contribution < 1.29 is 4.74 Å². The van der Waals surface area contributed by atoms with Crippen molar-refractivity contribution in [2.24, 2.45) is 0 Å². The van der Waals surface area contributed by atoms with Crippen LogP contribution < -0.4 is 4.74 Å². The minimum absolute atomic E-state index is 0.784. The highest BCUT2D eigenvalue weighted by Crippen LogP contribution is 2.09. The van der Waals surface area contributed by atoms with E-state index in [9.17, 15) is 0 Å². The highest BCUT2D eigenvalue weighted by molar-refractivity contribution is 5.38. The van der Waals surface area contributed by atoms with Gasteiger partial charge in [-0.15, -0.1) is 0 Å². The monoisotopic (exact) mass is 189 g/mol. The van der Waals surface area contributed by atoms with Crippen LogP contribution in [0, 0.1) is 11.8 Å². The second-order valence-electron chi connectivity index (χ2n) is 3.27. The third kappa shape index (κ3) is 3.51. The van der Waals surface area contributed by atoms with Gasteiger partial charge >= 0.3 is 0 Å². The Morgan fingerprint density at radius 2 is 1.86 bits per heavy atom. The van der Waals surface area contributed by atoms with Crippen molar-refractivity contribution in [2.75, 3.05) is 27.7 Å². The average molecular weight is 189 g/mol. The maximum Gasteiger partial charge on any atom is 0.118 e. The van der Waals surface area contributed by atoms with E-state index >= 15 is 0 Å². The zero-order valence-corrected chi connectivity index (χ0v) is 8.87. The Balaban J connectivity index is 2.62. The van der Waals surface area contributed by atoms with Crippen molar-refractivity contribution in [1.29, 1.82) is 0 Å². The van der Waals surface area contributed by atoms with Crippen molar-refractivity contribution in [1.82, 2.24) is 4.90 Å². The predicted octanol–water partition coefficient (Wildman–Crippen LogP) is 1.61. The molecular weight excluding hydrogens is 174 g/mol. The summed E-state index contributed by atoms with van der Waals surface area (Å²) in [5, 5.41) is 0. The Morgan fingerprint density at radius 1 is 1.21 bits per heavy atom. The number of rotatable bonds is 2. The van der Waals surface area contributed by atoms with Gasteiger partial charge in [0.1, 0.15) is 5.75 Å². The molecule has 2 nitrogen and oxygen atoms in total. The third-order valence-electron chi connectivity index (χ3n) is 1.72. The molecule has 0 aromatic heterocycles. The van der Waals surface area contributed by atoms with Crippen LogP contribution in [0.1, 0.15) is 5.56 Å². The molecule has 0 heterocycles. The molecule has 0 saturated carbocycles. The van der Waals surface area contributed by atoms with E-state index in [0.717, 1.165) is 17.9 Å². The summed E-state index contributed by atoms with van der Waals surface area (Å²) in [6, 6.07) is 7.75. The molecule has 2 heteroatoms. The first-order chi connectivity index (χ1) is 6.72. The van der Waals surface area contributed by atoms with E-state index in [2.05, 4.69) is 11.8 Å². The predicted molar refractivity (Wildman–Crippen MR) is 58.4 cm³/mol. The zero-order chi connectivity index (χ0) is 10.4. The molecule has 74 valence electrons. The molecule has 0 radical (unpaired) electrons. The molecule has 0 saturated heterocycles. The van der Waals surface area contributed by atoms with Gasteiger partial charge in [-0.3, -0.25) is 4.90 Å². The highest BCUT2D eigenvalue weighted by atomic mass is 16.5. The molecule has 0 unspecified atom stereocenters. The number of hydrogen-bond acceptors (Lipinski definition) is 2. The number of hydrogen-bond donors (Lipinski definition) is 0. The quantitative estimate of drug-likeness (QED) is 0.655. The van der Waals surface area contributed by atoms with Gasteiger partial charge in [0, 0.05) is 5.56 Å². The lowest BCUT2D eigenvalue weighted by Gasteiger charge is -2.01. The van der Waals surface area contributed by atoms with E-state index in [1.165, 1.54) is 0 Å². The van der Waals surface area contributed by atoms with Gasteiger partial charge in [-0.2, -0.15) is 0 Å². The van der Waals surface area contributed by atoms with Crippen molar-refractivity contribution in [3.63, 3.8) is 0 Å². The number of nitrogens with zero attached hydrogens (tertiary/aromatic N) is 1. The maximum absolute atomic E-state index is 5.06. The lowest BCUT2D eigenvalue weighted by Crippen LogP contribution is -2.10. The van der Waals surface area contributed by atoms with Crippen LogP contribution >= 0.6 is 0 Å². The normalized spacial score (nSPS) is 9.43. The van der Waals surface area contributed by atoms with Crippen LogP contribution in [-0.4, -0.2) is 32.6 Å². The smallest absolute Gasteiger partial charge is 0.118 e. The number of ether oxygens (including phenoxy) is 1. The number of benzene rings is 1. The van der Waals surface area contributed by atoms with Crippen LogP contribution in [0.3, 0.4) is 0 Å². The Hall–Kier alpha value is -1.46. The van der Waals surface area contributed by atoms with Gasteiger partial charge in [-0.25, -0.2) is 0 Å². The van der Waals surface area contributed by atoms with Crippen LogP contribution in [0.25, 0.3) is 0 Å². The fourth-order valence-electron chi connectivity index (χ4n) is 0.974. The molecule has 1 aromatic rings. The molecule has 0 aliphatic rings. The zero-order valence-electron chi connectivity index (χ0n) is 8.87. The van der Waals surface area contributed by atoms with E-state index in [0.29, 0.717) is 0 Å². The second-order valence-corrected chi connectivity index (χ2v) is 3.27. The van der Waals surface area contributed by atoms with E-state index in [1.54, 1.807) is 7.11 Å². The lowest BCUT2D eigenvalue weighted by molar-refractivity contribution is 0.415. The topological polar surface area (TPSA) is 12.5 Å². The summed E-state index contributed by atoms with van der Waals surface area (Å²) < 4.78 is 5.06. The molecule has 0 fully saturated rings. The van der Waals surface area contributed by atoms with Gasteiger partial charge in [0.05, 0.1) is 13.7 Å². The Morgan fingerprint density at radius 3 is 2.36 bits per heavy atom. The summed E-state index contributed by atoms with van der Waals surface area (Å²) in [4.78, 5) is 2.04. The molecule has 0 aliphatic carbocycles. The van der Waals surface area contributed by atoms with Gasteiger partial charge in [-0.1, -0.05) is 11.8 Å². The first kappa shape index (κ1) is 10.6. The third-order valence-corrected chi connectivity index (χ3v) is 1.72. The van der Waals surface area contributed by atoms with E-state index in [1.807, 2.05) is 43.3 Å². The molecule has 1 aromatic carbocycles. The summed E-state index contributed by atoms with van der Waals surface area (Å²) in [6.07, 6.45) is 0. The lowest BCUT2D eigenvalue weighted by atomic mass is 10.2. The van der Waals surface area contributed by atoms with Gasteiger partial charge in [-0.05, 0) is 38.4 Å². The standard InChI is InChI=1S/C12H15NO/c1-13(2)10-4-5-11-6-8-12(14-3)9-7-11/h6-9H,10H2,1-3H3. The first-order valence-electron chi connectivity index (χ1n) is 4.50. The molecule has 14 heavy (non-hydrogen) atoms. The van der Waals surface area contributed by atoms with Gasteiger partial charge < -0.3 is 4.74 Å². The summed E-state index contributed by atoms with van der Waals surface area (Å²) >= 11 is 0.